The molecular formula is C11H13NO2S. The molecule has 1 N–H and O–H groups in total. The van der Waals surface area contributed by atoms with Crippen LogP contribution in [0.4, 0.5) is 0 Å². The SMILES string of the molecule is C=C/C=C(\C)NS(=O)(=O)c1ccccc1. The van der Waals surface area contributed by atoms with E-state index in [1.165, 1.54) is 6.08 Å². The molecule has 0 aliphatic carbocycles. The van der Waals surface area contributed by atoms with Crippen molar-refractivity contribution in [1.82, 2.24) is 4.72 Å². The fourth-order valence-electron chi connectivity index (χ4n) is 1.08. The molecule has 0 saturated carbocycles. The molecular weight excluding hydrogens is 210 g/mol. The molecule has 1 aromatic carbocycles. The third kappa shape index (κ3) is 3.25. The van der Waals surface area contributed by atoms with Crippen molar-refractivity contribution >= 4 is 10.0 Å². The van der Waals surface area contributed by atoms with Gasteiger partial charge in [-0.3, -0.25) is 4.72 Å². The number of rotatable bonds is 4. The maximum absolute atomic E-state index is 11.7. The fourth-order valence-corrected chi connectivity index (χ4v) is 2.21. The van der Waals surface area contributed by atoms with Gasteiger partial charge in [-0.25, -0.2) is 8.42 Å². The van der Waals surface area contributed by atoms with Crippen LogP contribution >= 0.6 is 0 Å². The molecule has 0 saturated heterocycles. The zero-order valence-electron chi connectivity index (χ0n) is 8.47. The van der Waals surface area contributed by atoms with Crippen LogP contribution in [0, 0.1) is 0 Å². The zero-order valence-corrected chi connectivity index (χ0v) is 9.29. The van der Waals surface area contributed by atoms with E-state index in [2.05, 4.69) is 11.3 Å². The second-order valence-electron chi connectivity index (χ2n) is 3.00. The lowest BCUT2D eigenvalue weighted by molar-refractivity contribution is 0.588. The molecule has 0 fully saturated rings. The van der Waals surface area contributed by atoms with E-state index in [1.54, 1.807) is 43.3 Å². The van der Waals surface area contributed by atoms with Gasteiger partial charge in [-0.05, 0) is 25.1 Å². The topological polar surface area (TPSA) is 46.2 Å². The fraction of sp³-hybridized carbons (Fsp3) is 0.0909. The summed E-state index contributed by atoms with van der Waals surface area (Å²) in [4.78, 5) is 0.252. The van der Waals surface area contributed by atoms with E-state index in [0.29, 0.717) is 5.70 Å². The second-order valence-corrected chi connectivity index (χ2v) is 4.69. The Morgan fingerprint density at radius 3 is 2.47 bits per heavy atom. The molecule has 0 bridgehead atoms. The molecule has 3 nitrogen and oxygen atoms in total. The van der Waals surface area contributed by atoms with Crippen LogP contribution in [0.3, 0.4) is 0 Å². The number of allylic oxidation sites excluding steroid dienone is 3. The molecule has 0 aromatic heterocycles. The molecule has 0 atom stereocenters. The Morgan fingerprint density at radius 1 is 1.33 bits per heavy atom. The maximum Gasteiger partial charge on any atom is 0.261 e. The van der Waals surface area contributed by atoms with Crippen LogP contribution in [0.15, 0.2) is 59.7 Å². The van der Waals surface area contributed by atoms with E-state index in [1.807, 2.05) is 0 Å². The average Bonchev–Trinajstić information content (AvgIpc) is 2.18. The summed E-state index contributed by atoms with van der Waals surface area (Å²) in [6.07, 6.45) is 3.13. The molecule has 1 rings (SSSR count). The first kappa shape index (κ1) is 11.5. The molecule has 15 heavy (non-hydrogen) atoms. The van der Waals surface area contributed by atoms with Gasteiger partial charge in [-0.1, -0.05) is 30.9 Å². The molecule has 0 heterocycles. The second kappa shape index (κ2) is 4.79. The van der Waals surface area contributed by atoms with Crippen LogP contribution < -0.4 is 4.72 Å². The summed E-state index contributed by atoms with van der Waals surface area (Å²) < 4.78 is 25.9. The number of nitrogens with one attached hydrogen (secondary N) is 1. The van der Waals surface area contributed by atoms with Crippen molar-refractivity contribution in [3.8, 4) is 0 Å². The molecule has 0 unspecified atom stereocenters. The summed E-state index contributed by atoms with van der Waals surface area (Å²) in [5.74, 6) is 0. The summed E-state index contributed by atoms with van der Waals surface area (Å²) in [6, 6.07) is 8.22. The Kier molecular flexibility index (Phi) is 3.68. The Hall–Kier alpha value is -1.55. The monoisotopic (exact) mass is 223 g/mol. The van der Waals surface area contributed by atoms with E-state index in [4.69, 9.17) is 0 Å². The van der Waals surface area contributed by atoms with E-state index >= 15 is 0 Å². The van der Waals surface area contributed by atoms with Gasteiger partial charge in [0.15, 0.2) is 0 Å². The quantitative estimate of drug-likeness (QED) is 0.794. The van der Waals surface area contributed by atoms with Gasteiger partial charge in [-0.15, -0.1) is 0 Å². The Balaban J connectivity index is 2.96. The van der Waals surface area contributed by atoms with Crippen molar-refractivity contribution in [3.05, 3.63) is 54.8 Å². The highest BCUT2D eigenvalue weighted by molar-refractivity contribution is 7.89. The Labute approximate surface area is 90.2 Å². The number of benzene rings is 1. The van der Waals surface area contributed by atoms with E-state index in [0.717, 1.165) is 0 Å². The van der Waals surface area contributed by atoms with Crippen molar-refractivity contribution in [2.75, 3.05) is 0 Å². The summed E-state index contributed by atoms with van der Waals surface area (Å²) >= 11 is 0. The molecule has 0 radical (unpaired) electrons. The van der Waals surface area contributed by atoms with E-state index in [9.17, 15) is 8.42 Å². The molecule has 0 amide bonds. The molecule has 80 valence electrons. The van der Waals surface area contributed by atoms with Crippen LogP contribution in [0.1, 0.15) is 6.92 Å². The van der Waals surface area contributed by atoms with Crippen LogP contribution in [-0.2, 0) is 10.0 Å². The molecule has 0 aliphatic rings. The van der Waals surface area contributed by atoms with Gasteiger partial charge >= 0.3 is 0 Å². The van der Waals surface area contributed by atoms with E-state index in [-0.39, 0.29) is 4.90 Å². The lowest BCUT2D eigenvalue weighted by Crippen LogP contribution is -2.21. The van der Waals surface area contributed by atoms with Crippen molar-refractivity contribution in [3.63, 3.8) is 0 Å². The predicted molar refractivity (Wildman–Crippen MR) is 60.7 cm³/mol. The average molecular weight is 223 g/mol. The number of sulfonamides is 1. The van der Waals surface area contributed by atoms with Crippen molar-refractivity contribution in [2.45, 2.75) is 11.8 Å². The highest BCUT2D eigenvalue weighted by atomic mass is 32.2. The minimum Gasteiger partial charge on any atom is -0.284 e. The van der Waals surface area contributed by atoms with Crippen LogP contribution in [0.25, 0.3) is 0 Å². The van der Waals surface area contributed by atoms with E-state index < -0.39 is 10.0 Å². The highest BCUT2D eigenvalue weighted by Crippen LogP contribution is 2.08. The Bertz CT molecular complexity index is 461. The van der Waals surface area contributed by atoms with Gasteiger partial charge in [0.05, 0.1) is 4.90 Å². The maximum atomic E-state index is 11.7. The third-order valence-corrected chi connectivity index (χ3v) is 3.20. The number of hydrogen-bond donors (Lipinski definition) is 1. The van der Waals surface area contributed by atoms with Gasteiger partial charge in [-0.2, -0.15) is 0 Å². The highest BCUT2D eigenvalue weighted by Gasteiger charge is 2.12. The zero-order chi connectivity index (χ0) is 11.3. The smallest absolute Gasteiger partial charge is 0.261 e. The lowest BCUT2D eigenvalue weighted by Gasteiger charge is -2.07. The predicted octanol–water partition coefficient (Wildman–Crippen LogP) is 2.05. The molecule has 1 aromatic rings. The normalized spacial score (nSPS) is 12.2. The first-order valence-corrected chi connectivity index (χ1v) is 5.92. The first-order valence-electron chi connectivity index (χ1n) is 4.43. The van der Waals surface area contributed by atoms with Crippen molar-refractivity contribution in [2.24, 2.45) is 0 Å². The standard InChI is InChI=1S/C11H13NO2S/c1-3-7-10(2)12-15(13,14)11-8-5-4-6-9-11/h3-9,12H,1H2,2H3/b10-7+. The summed E-state index contributed by atoms with van der Waals surface area (Å²) in [5.41, 5.74) is 0.536. The van der Waals surface area contributed by atoms with Crippen molar-refractivity contribution in [1.29, 1.82) is 0 Å². The van der Waals surface area contributed by atoms with Gasteiger partial charge in [0.2, 0.25) is 0 Å². The van der Waals surface area contributed by atoms with Gasteiger partial charge in [0.1, 0.15) is 0 Å². The molecule has 0 aliphatic heterocycles. The summed E-state index contributed by atoms with van der Waals surface area (Å²) in [6.45, 7) is 5.16. The minimum absolute atomic E-state index is 0.252. The van der Waals surface area contributed by atoms with Gasteiger partial charge < -0.3 is 0 Å². The van der Waals surface area contributed by atoms with Crippen LogP contribution in [-0.4, -0.2) is 8.42 Å². The summed E-state index contributed by atoms with van der Waals surface area (Å²) in [5, 5.41) is 0. The molecule has 4 heteroatoms. The van der Waals surface area contributed by atoms with Crippen molar-refractivity contribution < 1.29 is 8.42 Å². The number of hydrogen-bond acceptors (Lipinski definition) is 2. The third-order valence-electron chi connectivity index (χ3n) is 1.72. The Morgan fingerprint density at radius 2 is 1.93 bits per heavy atom. The minimum atomic E-state index is -3.45. The first-order chi connectivity index (χ1) is 7.06. The largest absolute Gasteiger partial charge is 0.284 e. The molecule has 0 spiro atoms. The summed E-state index contributed by atoms with van der Waals surface area (Å²) in [7, 11) is -3.45. The lowest BCUT2D eigenvalue weighted by atomic mass is 10.4. The van der Waals surface area contributed by atoms with Crippen LogP contribution in [0.2, 0.25) is 0 Å². The van der Waals surface area contributed by atoms with Gasteiger partial charge in [0.25, 0.3) is 10.0 Å². The van der Waals surface area contributed by atoms with Gasteiger partial charge in [0, 0.05) is 5.70 Å². The van der Waals surface area contributed by atoms with Crippen LogP contribution in [0.5, 0.6) is 0 Å².